The van der Waals surface area contributed by atoms with Crippen LogP contribution in [0.1, 0.15) is 42.6 Å². The lowest BCUT2D eigenvalue weighted by Gasteiger charge is -2.18. The largest absolute Gasteiger partial charge is 0.481 e. The molecule has 2 N–H and O–H groups in total. The maximum atomic E-state index is 12.2. The van der Waals surface area contributed by atoms with Crippen LogP contribution in [-0.4, -0.2) is 23.5 Å². The summed E-state index contributed by atoms with van der Waals surface area (Å²) in [5.41, 5.74) is 1.71. The minimum absolute atomic E-state index is 0.0334. The normalized spacial score (nSPS) is 12.2. The summed E-state index contributed by atoms with van der Waals surface area (Å²) in [6, 6.07) is 5.61. The monoisotopic (exact) mass is 403 g/mol. The molecule has 1 amide bonds. The fraction of sp³-hybridized carbons (Fsp3) is 0.500. The molecule has 0 spiro atoms. The summed E-state index contributed by atoms with van der Waals surface area (Å²) in [6.45, 7) is 6.47. The van der Waals surface area contributed by atoms with Crippen molar-refractivity contribution in [1.82, 2.24) is 5.32 Å². The first-order valence-electron chi connectivity index (χ1n) is 7.06. The zero-order valence-electron chi connectivity index (χ0n) is 12.6. The molecule has 4 nitrogen and oxygen atoms in total. The first-order valence-corrected chi connectivity index (χ1v) is 8.14. The van der Waals surface area contributed by atoms with Crippen LogP contribution in [0.25, 0.3) is 0 Å². The third-order valence-corrected chi connectivity index (χ3v) is 4.69. The predicted molar refractivity (Wildman–Crippen MR) is 91.4 cm³/mol. The molecular formula is C16H22INO3. The Bertz CT molecular complexity index is 514. The predicted octanol–water partition coefficient (Wildman–Crippen LogP) is 3.47. The van der Waals surface area contributed by atoms with Crippen LogP contribution in [0, 0.1) is 22.3 Å². The van der Waals surface area contributed by atoms with Gasteiger partial charge in [-0.05, 0) is 59.4 Å². The Morgan fingerprint density at radius 3 is 2.57 bits per heavy atom. The molecule has 0 bridgehead atoms. The van der Waals surface area contributed by atoms with Crippen LogP contribution < -0.4 is 5.32 Å². The van der Waals surface area contributed by atoms with Gasteiger partial charge in [0.15, 0.2) is 0 Å². The third-order valence-electron chi connectivity index (χ3n) is 3.26. The molecule has 1 rings (SSSR count). The number of aliphatic carboxylic acids is 1. The molecule has 21 heavy (non-hydrogen) atoms. The smallest absolute Gasteiger partial charge is 0.303 e. The first-order chi connectivity index (χ1) is 9.81. The number of carbonyl (C=O) groups excluding carboxylic acids is 1. The van der Waals surface area contributed by atoms with Gasteiger partial charge in [0.1, 0.15) is 0 Å². The zero-order chi connectivity index (χ0) is 16.0. The van der Waals surface area contributed by atoms with Gasteiger partial charge in [0.2, 0.25) is 0 Å². The van der Waals surface area contributed by atoms with Gasteiger partial charge in [-0.1, -0.05) is 26.0 Å². The summed E-state index contributed by atoms with van der Waals surface area (Å²) < 4.78 is 0.936. The van der Waals surface area contributed by atoms with Crippen LogP contribution >= 0.6 is 22.6 Å². The van der Waals surface area contributed by atoms with E-state index in [4.69, 9.17) is 5.11 Å². The summed E-state index contributed by atoms with van der Waals surface area (Å²) >= 11 is 2.16. The Labute approximate surface area is 139 Å². The fourth-order valence-electron chi connectivity index (χ4n) is 2.31. The molecule has 0 radical (unpaired) electrons. The average molecular weight is 403 g/mol. The number of benzene rings is 1. The molecular weight excluding hydrogens is 381 g/mol. The number of halogens is 1. The molecule has 1 aromatic rings. The molecule has 0 aromatic heterocycles. The lowest BCUT2D eigenvalue weighted by Crippen LogP contribution is -2.31. The molecule has 1 atom stereocenters. The number of aryl methyl sites for hydroxylation is 1. The number of carbonyl (C=O) groups is 2. The number of carboxylic acid groups (broad SMARTS) is 1. The van der Waals surface area contributed by atoms with Crippen molar-refractivity contribution < 1.29 is 14.7 Å². The van der Waals surface area contributed by atoms with Crippen molar-refractivity contribution in [3.63, 3.8) is 0 Å². The lowest BCUT2D eigenvalue weighted by molar-refractivity contribution is -0.138. The maximum absolute atomic E-state index is 12.2. The second-order valence-corrected chi connectivity index (χ2v) is 6.82. The highest BCUT2D eigenvalue weighted by atomic mass is 127. The highest BCUT2D eigenvalue weighted by molar-refractivity contribution is 14.1. The second-order valence-electron chi connectivity index (χ2n) is 5.74. The van der Waals surface area contributed by atoms with E-state index < -0.39 is 5.97 Å². The zero-order valence-corrected chi connectivity index (χ0v) is 14.8. The Morgan fingerprint density at radius 2 is 2.00 bits per heavy atom. The average Bonchev–Trinajstić information content (AvgIpc) is 2.37. The van der Waals surface area contributed by atoms with Gasteiger partial charge < -0.3 is 10.4 Å². The number of hydrogen-bond acceptors (Lipinski definition) is 2. The molecule has 5 heteroatoms. The van der Waals surface area contributed by atoms with Crippen LogP contribution in [0.4, 0.5) is 0 Å². The third kappa shape index (κ3) is 6.03. The van der Waals surface area contributed by atoms with E-state index in [1.165, 1.54) is 0 Å². The van der Waals surface area contributed by atoms with Crippen molar-refractivity contribution in [3.05, 3.63) is 32.9 Å². The molecule has 0 aliphatic carbocycles. The minimum atomic E-state index is -0.819. The van der Waals surface area contributed by atoms with Crippen molar-refractivity contribution >= 4 is 34.5 Å². The van der Waals surface area contributed by atoms with Crippen molar-refractivity contribution in [2.45, 2.75) is 33.6 Å². The highest BCUT2D eigenvalue weighted by Gasteiger charge is 2.17. The van der Waals surface area contributed by atoms with Crippen LogP contribution in [-0.2, 0) is 4.79 Å². The van der Waals surface area contributed by atoms with Gasteiger partial charge in [-0.2, -0.15) is 0 Å². The van der Waals surface area contributed by atoms with Gasteiger partial charge in [-0.3, -0.25) is 9.59 Å². The van der Waals surface area contributed by atoms with E-state index >= 15 is 0 Å². The summed E-state index contributed by atoms with van der Waals surface area (Å²) in [7, 11) is 0. The van der Waals surface area contributed by atoms with Crippen molar-refractivity contribution in [2.24, 2.45) is 11.8 Å². The number of carboxylic acids is 1. The minimum Gasteiger partial charge on any atom is -0.481 e. The SMILES string of the molecule is Cc1cccc(C(=O)NCC(CC(=O)O)CC(C)C)c1I. The van der Waals surface area contributed by atoms with Gasteiger partial charge in [-0.25, -0.2) is 0 Å². The Balaban J connectivity index is 2.68. The number of amides is 1. The van der Waals surface area contributed by atoms with E-state index in [0.29, 0.717) is 18.0 Å². The molecule has 0 aliphatic heterocycles. The summed E-state index contributed by atoms with van der Waals surface area (Å²) in [6.07, 6.45) is 0.876. The van der Waals surface area contributed by atoms with Crippen molar-refractivity contribution in [1.29, 1.82) is 0 Å². The molecule has 1 unspecified atom stereocenters. The lowest BCUT2D eigenvalue weighted by atomic mass is 9.94. The van der Waals surface area contributed by atoms with Crippen molar-refractivity contribution in [3.8, 4) is 0 Å². The first kappa shape index (κ1) is 17.9. The Morgan fingerprint density at radius 1 is 1.33 bits per heavy atom. The topological polar surface area (TPSA) is 66.4 Å². The standard InChI is InChI=1S/C16H22INO3/c1-10(2)7-12(8-14(19)20)9-18-16(21)13-6-4-5-11(3)15(13)17/h4-6,10,12H,7-9H2,1-3H3,(H,18,21)(H,19,20). The van der Waals surface area contributed by atoms with Gasteiger partial charge in [0.25, 0.3) is 5.91 Å². The molecule has 1 aromatic carbocycles. The molecule has 0 saturated carbocycles. The van der Waals surface area contributed by atoms with Gasteiger partial charge in [0, 0.05) is 16.5 Å². The number of hydrogen-bond donors (Lipinski definition) is 2. The summed E-state index contributed by atoms with van der Waals surface area (Å²) in [5.74, 6) is -0.582. The van der Waals surface area contributed by atoms with Crippen LogP contribution in [0.15, 0.2) is 18.2 Å². The van der Waals surface area contributed by atoms with E-state index in [1.54, 1.807) is 6.07 Å². The van der Waals surface area contributed by atoms with Gasteiger partial charge >= 0.3 is 5.97 Å². The van der Waals surface area contributed by atoms with Crippen LogP contribution in [0.3, 0.4) is 0 Å². The van der Waals surface area contributed by atoms with Crippen LogP contribution in [0.2, 0.25) is 0 Å². The van der Waals surface area contributed by atoms with E-state index in [2.05, 4.69) is 41.8 Å². The Hall–Kier alpha value is -1.11. The molecule has 0 fully saturated rings. The van der Waals surface area contributed by atoms with Crippen LogP contribution in [0.5, 0.6) is 0 Å². The van der Waals surface area contributed by atoms with E-state index in [1.807, 2.05) is 19.1 Å². The van der Waals surface area contributed by atoms with Gasteiger partial charge in [-0.15, -0.1) is 0 Å². The molecule has 116 valence electrons. The second kappa shape index (κ2) is 8.36. The van der Waals surface area contributed by atoms with Crippen molar-refractivity contribution in [2.75, 3.05) is 6.54 Å². The molecule has 0 saturated heterocycles. The molecule has 0 heterocycles. The van der Waals surface area contributed by atoms with Gasteiger partial charge in [0.05, 0.1) is 5.56 Å². The highest BCUT2D eigenvalue weighted by Crippen LogP contribution is 2.18. The Kier molecular flexibility index (Phi) is 7.14. The molecule has 0 aliphatic rings. The van der Waals surface area contributed by atoms with E-state index in [-0.39, 0.29) is 18.2 Å². The number of rotatable bonds is 7. The fourth-order valence-corrected chi connectivity index (χ4v) is 2.91. The quantitative estimate of drug-likeness (QED) is 0.686. The summed E-state index contributed by atoms with van der Waals surface area (Å²) in [5, 5.41) is 11.8. The van der Waals surface area contributed by atoms with E-state index in [0.717, 1.165) is 15.6 Å². The maximum Gasteiger partial charge on any atom is 0.303 e. The summed E-state index contributed by atoms with van der Waals surface area (Å²) in [4.78, 5) is 23.1. The van der Waals surface area contributed by atoms with E-state index in [9.17, 15) is 9.59 Å². The number of nitrogens with one attached hydrogen (secondary N) is 1.